The summed E-state index contributed by atoms with van der Waals surface area (Å²) in [6.45, 7) is 4.30. The van der Waals surface area contributed by atoms with Crippen molar-refractivity contribution in [1.82, 2.24) is 10.2 Å². The number of amides is 1. The minimum atomic E-state index is 0.173. The highest BCUT2D eigenvalue weighted by Gasteiger charge is 2.20. The number of para-hydroxylation sites is 1. The summed E-state index contributed by atoms with van der Waals surface area (Å²) in [7, 11) is 3.61. The molecule has 1 fully saturated rings. The van der Waals surface area contributed by atoms with Gasteiger partial charge in [0.2, 0.25) is 5.91 Å². The average Bonchev–Trinajstić information content (AvgIpc) is 2.60. The Morgan fingerprint density at radius 1 is 1.35 bits per heavy atom. The lowest BCUT2D eigenvalue weighted by Crippen LogP contribution is -2.37. The van der Waals surface area contributed by atoms with E-state index in [9.17, 15) is 4.79 Å². The molecule has 1 aliphatic heterocycles. The van der Waals surface area contributed by atoms with Crippen molar-refractivity contribution in [1.29, 1.82) is 0 Å². The van der Waals surface area contributed by atoms with Crippen LogP contribution in [0.3, 0.4) is 0 Å². The molecule has 4 nitrogen and oxygen atoms in total. The van der Waals surface area contributed by atoms with E-state index in [4.69, 9.17) is 4.74 Å². The minimum Gasteiger partial charge on any atom is -0.496 e. The maximum atomic E-state index is 12.5. The predicted octanol–water partition coefficient (Wildman–Crippen LogP) is 2.86. The molecule has 1 aromatic carbocycles. The molecule has 1 unspecified atom stereocenters. The van der Waals surface area contributed by atoms with Crippen molar-refractivity contribution >= 4 is 5.91 Å². The number of piperidine rings is 1. The predicted molar refractivity (Wildman–Crippen MR) is 93.8 cm³/mol. The normalized spacial score (nSPS) is 16.8. The SMILES string of the molecule is COc1ccccc1CC(C)N(C)C(=O)CCC1CCNCC1. The maximum absolute atomic E-state index is 12.5. The molecule has 0 spiro atoms. The molecule has 1 N–H and O–H groups in total. The van der Waals surface area contributed by atoms with Gasteiger partial charge in [-0.25, -0.2) is 0 Å². The number of hydrogen-bond donors (Lipinski definition) is 1. The van der Waals surface area contributed by atoms with Crippen LogP contribution in [0.15, 0.2) is 24.3 Å². The number of carbonyl (C=O) groups is 1. The summed E-state index contributed by atoms with van der Waals surface area (Å²) in [5.74, 6) is 1.86. The Kier molecular flexibility index (Phi) is 6.90. The second-order valence-electron chi connectivity index (χ2n) is 6.60. The molecule has 0 bridgehead atoms. The van der Waals surface area contributed by atoms with Gasteiger partial charge in [-0.05, 0) is 63.2 Å². The highest BCUT2D eigenvalue weighted by atomic mass is 16.5. The van der Waals surface area contributed by atoms with Crippen molar-refractivity contribution < 1.29 is 9.53 Å². The van der Waals surface area contributed by atoms with E-state index < -0.39 is 0 Å². The van der Waals surface area contributed by atoms with Crippen LogP contribution in [0.2, 0.25) is 0 Å². The Morgan fingerprint density at radius 2 is 2.04 bits per heavy atom. The van der Waals surface area contributed by atoms with Gasteiger partial charge in [-0.15, -0.1) is 0 Å². The third-order valence-electron chi connectivity index (χ3n) is 4.99. The summed E-state index contributed by atoms with van der Waals surface area (Å²) >= 11 is 0. The summed E-state index contributed by atoms with van der Waals surface area (Å²) in [4.78, 5) is 14.3. The number of nitrogens with one attached hydrogen (secondary N) is 1. The van der Waals surface area contributed by atoms with Crippen LogP contribution >= 0.6 is 0 Å². The van der Waals surface area contributed by atoms with Crippen molar-refractivity contribution in [2.75, 3.05) is 27.2 Å². The van der Waals surface area contributed by atoms with E-state index in [-0.39, 0.29) is 11.9 Å². The van der Waals surface area contributed by atoms with Crippen LogP contribution in [-0.4, -0.2) is 44.1 Å². The topological polar surface area (TPSA) is 41.6 Å². The van der Waals surface area contributed by atoms with Crippen LogP contribution in [0.1, 0.15) is 38.2 Å². The lowest BCUT2D eigenvalue weighted by atomic mass is 9.93. The van der Waals surface area contributed by atoms with Gasteiger partial charge in [0.25, 0.3) is 0 Å². The van der Waals surface area contributed by atoms with Crippen molar-refractivity contribution in [3.8, 4) is 5.75 Å². The molecule has 1 saturated heterocycles. The molecule has 4 heteroatoms. The molecule has 0 aliphatic carbocycles. The Balaban J connectivity index is 1.83. The molecule has 0 saturated carbocycles. The van der Waals surface area contributed by atoms with Crippen LogP contribution in [0.25, 0.3) is 0 Å². The van der Waals surface area contributed by atoms with Crippen LogP contribution < -0.4 is 10.1 Å². The zero-order chi connectivity index (χ0) is 16.7. The Morgan fingerprint density at radius 3 is 2.74 bits per heavy atom. The van der Waals surface area contributed by atoms with Gasteiger partial charge in [0.05, 0.1) is 7.11 Å². The van der Waals surface area contributed by atoms with Gasteiger partial charge in [0.15, 0.2) is 0 Å². The Bertz CT molecular complexity index is 498. The molecule has 0 radical (unpaired) electrons. The molecule has 1 heterocycles. The first-order valence-electron chi connectivity index (χ1n) is 8.70. The van der Waals surface area contributed by atoms with E-state index in [1.165, 1.54) is 12.8 Å². The first kappa shape index (κ1) is 17.8. The zero-order valence-electron chi connectivity index (χ0n) is 14.7. The van der Waals surface area contributed by atoms with Gasteiger partial charge in [-0.2, -0.15) is 0 Å². The van der Waals surface area contributed by atoms with Crippen molar-refractivity contribution in [2.24, 2.45) is 5.92 Å². The number of nitrogens with zero attached hydrogens (tertiary/aromatic N) is 1. The Labute approximate surface area is 140 Å². The highest BCUT2D eigenvalue weighted by Crippen LogP contribution is 2.22. The van der Waals surface area contributed by atoms with Crippen LogP contribution in [-0.2, 0) is 11.2 Å². The first-order valence-corrected chi connectivity index (χ1v) is 8.70. The second kappa shape index (κ2) is 8.92. The number of benzene rings is 1. The number of carbonyl (C=O) groups excluding carboxylic acids is 1. The molecule has 1 amide bonds. The fourth-order valence-corrected chi connectivity index (χ4v) is 3.25. The quantitative estimate of drug-likeness (QED) is 0.840. The van der Waals surface area contributed by atoms with E-state index in [1.807, 2.05) is 30.1 Å². The van der Waals surface area contributed by atoms with Crippen LogP contribution in [0.4, 0.5) is 0 Å². The Hall–Kier alpha value is -1.55. The number of methoxy groups -OCH3 is 1. The highest BCUT2D eigenvalue weighted by molar-refractivity contribution is 5.76. The van der Waals surface area contributed by atoms with Gasteiger partial charge in [0.1, 0.15) is 5.75 Å². The molecule has 2 rings (SSSR count). The van der Waals surface area contributed by atoms with E-state index in [0.717, 1.165) is 37.2 Å². The lowest BCUT2D eigenvalue weighted by molar-refractivity contribution is -0.132. The summed E-state index contributed by atoms with van der Waals surface area (Å²) < 4.78 is 5.40. The first-order chi connectivity index (χ1) is 11.1. The molecular formula is C19H30N2O2. The van der Waals surface area contributed by atoms with Gasteiger partial charge in [0, 0.05) is 19.5 Å². The van der Waals surface area contributed by atoms with E-state index in [2.05, 4.69) is 18.3 Å². The minimum absolute atomic E-state index is 0.173. The fraction of sp³-hybridized carbons (Fsp3) is 0.632. The third kappa shape index (κ3) is 5.24. The van der Waals surface area contributed by atoms with Gasteiger partial charge in [-0.1, -0.05) is 18.2 Å². The van der Waals surface area contributed by atoms with E-state index in [0.29, 0.717) is 12.3 Å². The average molecular weight is 318 g/mol. The summed E-state index contributed by atoms with van der Waals surface area (Å²) in [5, 5.41) is 3.37. The van der Waals surface area contributed by atoms with Crippen molar-refractivity contribution in [3.05, 3.63) is 29.8 Å². The fourth-order valence-electron chi connectivity index (χ4n) is 3.25. The molecule has 0 aromatic heterocycles. The molecule has 1 atom stereocenters. The second-order valence-corrected chi connectivity index (χ2v) is 6.60. The molecular weight excluding hydrogens is 288 g/mol. The summed E-state index contributed by atoms with van der Waals surface area (Å²) in [6.07, 6.45) is 4.91. The summed E-state index contributed by atoms with van der Waals surface area (Å²) in [5.41, 5.74) is 1.15. The van der Waals surface area contributed by atoms with E-state index in [1.54, 1.807) is 7.11 Å². The molecule has 23 heavy (non-hydrogen) atoms. The molecule has 128 valence electrons. The maximum Gasteiger partial charge on any atom is 0.222 e. The zero-order valence-corrected chi connectivity index (χ0v) is 14.7. The summed E-state index contributed by atoms with van der Waals surface area (Å²) in [6, 6.07) is 8.21. The van der Waals surface area contributed by atoms with Gasteiger partial charge < -0.3 is 15.0 Å². The van der Waals surface area contributed by atoms with Crippen LogP contribution in [0, 0.1) is 5.92 Å². The smallest absolute Gasteiger partial charge is 0.222 e. The van der Waals surface area contributed by atoms with Crippen molar-refractivity contribution in [2.45, 2.75) is 45.1 Å². The van der Waals surface area contributed by atoms with Gasteiger partial charge >= 0.3 is 0 Å². The van der Waals surface area contributed by atoms with Crippen LogP contribution in [0.5, 0.6) is 5.75 Å². The number of hydrogen-bond acceptors (Lipinski definition) is 3. The van der Waals surface area contributed by atoms with Gasteiger partial charge in [-0.3, -0.25) is 4.79 Å². The van der Waals surface area contributed by atoms with E-state index >= 15 is 0 Å². The lowest BCUT2D eigenvalue weighted by Gasteiger charge is -2.27. The standard InChI is InChI=1S/C19H30N2O2/c1-15(14-17-6-4-5-7-18(17)23-3)21(2)19(22)9-8-16-10-12-20-13-11-16/h4-7,15-16,20H,8-14H2,1-3H3. The molecule has 1 aromatic rings. The molecule has 1 aliphatic rings. The number of rotatable bonds is 7. The number of likely N-dealkylation sites (N-methyl/N-ethyl adjacent to an activating group) is 1. The third-order valence-corrected chi connectivity index (χ3v) is 4.99. The number of ether oxygens (including phenoxy) is 1. The largest absolute Gasteiger partial charge is 0.496 e. The van der Waals surface area contributed by atoms with Crippen molar-refractivity contribution in [3.63, 3.8) is 0 Å². The monoisotopic (exact) mass is 318 g/mol.